The summed E-state index contributed by atoms with van der Waals surface area (Å²) in [6.07, 6.45) is 0.725. The fourth-order valence-corrected chi connectivity index (χ4v) is 2.21. The summed E-state index contributed by atoms with van der Waals surface area (Å²) in [5.74, 6) is 2.08. The molecule has 0 N–H and O–H groups in total. The van der Waals surface area contributed by atoms with Crippen LogP contribution < -0.4 is 14.2 Å². The molecule has 0 unspecified atom stereocenters. The lowest BCUT2D eigenvalue weighted by molar-refractivity contribution is 0.236. The van der Waals surface area contributed by atoms with Crippen molar-refractivity contribution < 1.29 is 14.2 Å². The Morgan fingerprint density at radius 3 is 2.05 bits per heavy atom. The van der Waals surface area contributed by atoms with Gasteiger partial charge in [0.25, 0.3) is 0 Å². The maximum absolute atomic E-state index is 6.05. The monoisotopic (exact) mass is 340 g/mol. The molecule has 0 aliphatic rings. The van der Waals surface area contributed by atoms with E-state index in [4.69, 9.17) is 37.4 Å². The zero-order valence-corrected chi connectivity index (χ0v) is 13.9. The molecule has 5 heteroatoms. The van der Waals surface area contributed by atoms with E-state index in [1.807, 2.05) is 31.2 Å². The first-order valence-corrected chi connectivity index (χ1v) is 7.89. The minimum Gasteiger partial charge on any atom is -0.492 e. The second kappa shape index (κ2) is 8.76. The molecule has 0 saturated heterocycles. The molecule has 118 valence electrons. The van der Waals surface area contributed by atoms with E-state index in [2.05, 4.69) is 0 Å². The van der Waals surface area contributed by atoms with E-state index in [9.17, 15) is 0 Å². The van der Waals surface area contributed by atoms with Crippen molar-refractivity contribution in [2.24, 2.45) is 0 Å². The standard InChI is InChI=1S/C17H18Cl2O3/c1-2-20-14-8-3-4-9-15(14)21-11-6-12-22-16-10-5-7-13(18)17(16)19/h3-5,7-10H,2,6,11-12H2,1H3. The summed E-state index contributed by atoms with van der Waals surface area (Å²) >= 11 is 12.0. The lowest BCUT2D eigenvalue weighted by atomic mass is 10.3. The van der Waals surface area contributed by atoms with E-state index in [1.54, 1.807) is 18.2 Å². The lowest BCUT2D eigenvalue weighted by Gasteiger charge is -2.12. The van der Waals surface area contributed by atoms with Crippen molar-refractivity contribution in [1.82, 2.24) is 0 Å². The van der Waals surface area contributed by atoms with Gasteiger partial charge in [-0.15, -0.1) is 0 Å². The largest absolute Gasteiger partial charge is 0.492 e. The topological polar surface area (TPSA) is 27.7 Å². The second-order valence-corrected chi connectivity index (χ2v) is 5.27. The average Bonchev–Trinajstić information content (AvgIpc) is 2.53. The van der Waals surface area contributed by atoms with Crippen molar-refractivity contribution in [2.75, 3.05) is 19.8 Å². The van der Waals surface area contributed by atoms with Gasteiger partial charge in [-0.3, -0.25) is 0 Å². The van der Waals surface area contributed by atoms with Gasteiger partial charge in [0.05, 0.1) is 24.8 Å². The summed E-state index contributed by atoms with van der Waals surface area (Å²) in [7, 11) is 0. The maximum atomic E-state index is 6.05. The van der Waals surface area contributed by atoms with Gasteiger partial charge in [-0.2, -0.15) is 0 Å². The quantitative estimate of drug-likeness (QED) is 0.615. The van der Waals surface area contributed by atoms with Gasteiger partial charge in [0.1, 0.15) is 10.8 Å². The molecular weight excluding hydrogens is 323 g/mol. The van der Waals surface area contributed by atoms with E-state index in [1.165, 1.54) is 0 Å². The number of rotatable bonds is 8. The van der Waals surface area contributed by atoms with E-state index in [0.29, 0.717) is 35.6 Å². The van der Waals surface area contributed by atoms with Crippen LogP contribution in [0, 0.1) is 0 Å². The molecule has 0 amide bonds. The Morgan fingerprint density at radius 1 is 0.773 bits per heavy atom. The number of ether oxygens (including phenoxy) is 3. The van der Waals surface area contributed by atoms with Gasteiger partial charge in [0.15, 0.2) is 11.5 Å². The van der Waals surface area contributed by atoms with E-state index in [0.717, 1.165) is 17.9 Å². The molecule has 0 radical (unpaired) electrons. The van der Waals surface area contributed by atoms with Crippen molar-refractivity contribution in [3.05, 3.63) is 52.5 Å². The fourth-order valence-electron chi connectivity index (χ4n) is 1.86. The molecule has 3 nitrogen and oxygen atoms in total. The highest BCUT2D eigenvalue weighted by Crippen LogP contribution is 2.31. The van der Waals surface area contributed by atoms with Crippen LogP contribution in [-0.4, -0.2) is 19.8 Å². The molecule has 2 aromatic carbocycles. The number of para-hydroxylation sites is 2. The van der Waals surface area contributed by atoms with Crippen LogP contribution in [0.4, 0.5) is 0 Å². The first kappa shape index (κ1) is 16.8. The van der Waals surface area contributed by atoms with Gasteiger partial charge >= 0.3 is 0 Å². The van der Waals surface area contributed by atoms with Crippen molar-refractivity contribution in [1.29, 1.82) is 0 Å². The first-order valence-electron chi connectivity index (χ1n) is 7.13. The van der Waals surface area contributed by atoms with Gasteiger partial charge in [0, 0.05) is 6.42 Å². The zero-order chi connectivity index (χ0) is 15.8. The predicted molar refractivity (Wildman–Crippen MR) is 89.7 cm³/mol. The molecule has 22 heavy (non-hydrogen) atoms. The highest BCUT2D eigenvalue weighted by Gasteiger charge is 2.06. The molecule has 2 aromatic rings. The van der Waals surface area contributed by atoms with Crippen LogP contribution in [-0.2, 0) is 0 Å². The molecule has 0 fully saturated rings. The summed E-state index contributed by atoms with van der Waals surface area (Å²) in [4.78, 5) is 0. The second-order valence-electron chi connectivity index (χ2n) is 4.48. The van der Waals surface area contributed by atoms with Crippen LogP contribution in [0.3, 0.4) is 0 Å². The van der Waals surface area contributed by atoms with Gasteiger partial charge in [-0.05, 0) is 31.2 Å². The lowest BCUT2D eigenvalue weighted by Crippen LogP contribution is -2.06. The smallest absolute Gasteiger partial charge is 0.161 e. The Hall–Kier alpha value is -1.58. The predicted octanol–water partition coefficient (Wildman–Crippen LogP) is 5.24. The summed E-state index contributed by atoms with van der Waals surface area (Å²) in [6, 6.07) is 12.9. The van der Waals surface area contributed by atoms with Crippen LogP contribution in [0.1, 0.15) is 13.3 Å². The number of halogens is 2. The minimum atomic E-state index is 0.437. The maximum Gasteiger partial charge on any atom is 0.161 e. The summed E-state index contributed by atoms with van der Waals surface area (Å²) in [6.45, 7) is 3.58. The number of benzene rings is 2. The van der Waals surface area contributed by atoms with Gasteiger partial charge < -0.3 is 14.2 Å². The molecule has 0 atom stereocenters. The third-order valence-electron chi connectivity index (χ3n) is 2.87. The van der Waals surface area contributed by atoms with Crippen LogP contribution in [0.2, 0.25) is 10.0 Å². The van der Waals surface area contributed by atoms with Crippen LogP contribution in [0.15, 0.2) is 42.5 Å². The molecule has 0 bridgehead atoms. The molecule has 0 aliphatic carbocycles. The third-order valence-corrected chi connectivity index (χ3v) is 3.67. The Labute approximate surface area is 140 Å². The third kappa shape index (κ3) is 4.72. The van der Waals surface area contributed by atoms with Crippen LogP contribution >= 0.6 is 23.2 Å². The summed E-state index contributed by atoms with van der Waals surface area (Å²) in [5, 5.41) is 0.924. The van der Waals surface area contributed by atoms with Crippen LogP contribution in [0.5, 0.6) is 17.2 Å². The van der Waals surface area contributed by atoms with Crippen molar-refractivity contribution in [2.45, 2.75) is 13.3 Å². The van der Waals surface area contributed by atoms with E-state index >= 15 is 0 Å². The summed E-state index contributed by atoms with van der Waals surface area (Å²) < 4.78 is 16.8. The molecule has 0 saturated carbocycles. The Morgan fingerprint density at radius 2 is 1.36 bits per heavy atom. The Balaban J connectivity index is 1.77. The number of hydrogen-bond acceptors (Lipinski definition) is 3. The normalized spacial score (nSPS) is 10.3. The zero-order valence-electron chi connectivity index (χ0n) is 12.4. The van der Waals surface area contributed by atoms with Crippen molar-refractivity contribution in [3.8, 4) is 17.2 Å². The van der Waals surface area contributed by atoms with Gasteiger partial charge in [0.2, 0.25) is 0 Å². The average molecular weight is 341 g/mol. The van der Waals surface area contributed by atoms with Gasteiger partial charge in [-0.1, -0.05) is 41.4 Å². The summed E-state index contributed by atoms with van der Waals surface area (Å²) in [5.41, 5.74) is 0. The number of hydrogen-bond donors (Lipinski definition) is 0. The highest BCUT2D eigenvalue weighted by atomic mass is 35.5. The molecular formula is C17H18Cl2O3. The minimum absolute atomic E-state index is 0.437. The Bertz CT molecular complexity index is 602. The molecule has 0 aliphatic heterocycles. The molecule has 0 spiro atoms. The molecule has 0 heterocycles. The first-order chi connectivity index (χ1) is 10.7. The van der Waals surface area contributed by atoms with Crippen LogP contribution in [0.25, 0.3) is 0 Å². The van der Waals surface area contributed by atoms with Gasteiger partial charge in [-0.25, -0.2) is 0 Å². The fraction of sp³-hybridized carbons (Fsp3) is 0.294. The van der Waals surface area contributed by atoms with E-state index in [-0.39, 0.29) is 0 Å². The van der Waals surface area contributed by atoms with E-state index < -0.39 is 0 Å². The SMILES string of the molecule is CCOc1ccccc1OCCCOc1cccc(Cl)c1Cl. The van der Waals surface area contributed by atoms with Crippen molar-refractivity contribution in [3.63, 3.8) is 0 Å². The Kier molecular flexibility index (Phi) is 6.69. The molecule has 2 rings (SSSR count). The molecule has 0 aromatic heterocycles. The van der Waals surface area contributed by atoms with Crippen molar-refractivity contribution >= 4 is 23.2 Å². The highest BCUT2D eigenvalue weighted by molar-refractivity contribution is 6.42.